The lowest BCUT2D eigenvalue weighted by Gasteiger charge is -2.27. The SMILES string of the molecule is CCCNC(Cc1nc(C)cs1)C(C)C(C)C. The summed E-state index contributed by atoms with van der Waals surface area (Å²) in [7, 11) is 0. The molecule has 1 aromatic rings. The molecule has 0 radical (unpaired) electrons. The molecule has 2 atom stereocenters. The Labute approximate surface area is 110 Å². The lowest BCUT2D eigenvalue weighted by molar-refractivity contribution is 0.297. The number of nitrogens with zero attached hydrogens (tertiary/aromatic N) is 1. The van der Waals surface area contributed by atoms with Crippen LogP contribution in [0.2, 0.25) is 0 Å². The van der Waals surface area contributed by atoms with E-state index in [9.17, 15) is 0 Å². The summed E-state index contributed by atoms with van der Waals surface area (Å²) in [5.74, 6) is 1.40. The highest BCUT2D eigenvalue weighted by Crippen LogP contribution is 2.20. The zero-order chi connectivity index (χ0) is 12.8. The van der Waals surface area contributed by atoms with E-state index in [1.54, 1.807) is 11.3 Å². The molecule has 2 unspecified atom stereocenters. The van der Waals surface area contributed by atoms with Crippen molar-refractivity contribution in [3.05, 3.63) is 16.1 Å². The van der Waals surface area contributed by atoms with Gasteiger partial charge >= 0.3 is 0 Å². The average Bonchev–Trinajstić information content (AvgIpc) is 2.69. The van der Waals surface area contributed by atoms with Gasteiger partial charge in [-0.05, 0) is 31.7 Å². The van der Waals surface area contributed by atoms with E-state index in [0.717, 1.165) is 18.7 Å². The Morgan fingerprint density at radius 3 is 2.53 bits per heavy atom. The molecule has 0 aliphatic rings. The van der Waals surface area contributed by atoms with Crippen LogP contribution in [-0.4, -0.2) is 17.6 Å². The van der Waals surface area contributed by atoms with Crippen LogP contribution in [0.5, 0.6) is 0 Å². The Balaban J connectivity index is 2.62. The number of hydrogen-bond acceptors (Lipinski definition) is 3. The maximum atomic E-state index is 4.58. The first-order valence-corrected chi connectivity index (χ1v) is 7.57. The van der Waals surface area contributed by atoms with Crippen LogP contribution < -0.4 is 5.32 Å². The van der Waals surface area contributed by atoms with Gasteiger partial charge < -0.3 is 5.32 Å². The van der Waals surface area contributed by atoms with E-state index in [1.807, 2.05) is 0 Å². The van der Waals surface area contributed by atoms with Crippen molar-refractivity contribution < 1.29 is 0 Å². The monoisotopic (exact) mass is 254 g/mol. The van der Waals surface area contributed by atoms with Gasteiger partial charge in [0.2, 0.25) is 0 Å². The van der Waals surface area contributed by atoms with Crippen LogP contribution in [0, 0.1) is 18.8 Å². The van der Waals surface area contributed by atoms with Crippen molar-refractivity contribution in [2.75, 3.05) is 6.54 Å². The molecular formula is C14H26N2S. The number of thiazole rings is 1. The fourth-order valence-corrected chi connectivity index (χ4v) is 2.75. The van der Waals surface area contributed by atoms with Crippen molar-refractivity contribution in [2.24, 2.45) is 11.8 Å². The summed E-state index contributed by atoms with van der Waals surface area (Å²) < 4.78 is 0. The third-order valence-corrected chi connectivity index (χ3v) is 4.39. The summed E-state index contributed by atoms with van der Waals surface area (Å²) in [6, 6.07) is 0.556. The Morgan fingerprint density at radius 1 is 1.35 bits per heavy atom. The number of aromatic nitrogens is 1. The summed E-state index contributed by atoms with van der Waals surface area (Å²) in [4.78, 5) is 4.58. The summed E-state index contributed by atoms with van der Waals surface area (Å²) in [5, 5.41) is 7.09. The highest BCUT2D eigenvalue weighted by molar-refractivity contribution is 7.09. The largest absolute Gasteiger partial charge is 0.313 e. The van der Waals surface area contributed by atoms with Gasteiger partial charge in [-0.1, -0.05) is 27.7 Å². The predicted molar refractivity (Wildman–Crippen MR) is 76.6 cm³/mol. The number of nitrogens with one attached hydrogen (secondary N) is 1. The molecule has 1 N–H and O–H groups in total. The van der Waals surface area contributed by atoms with Crippen LogP contribution in [0.15, 0.2) is 5.38 Å². The van der Waals surface area contributed by atoms with Crippen LogP contribution >= 0.6 is 11.3 Å². The molecule has 0 amide bonds. The van der Waals surface area contributed by atoms with Crippen LogP contribution in [0.25, 0.3) is 0 Å². The van der Waals surface area contributed by atoms with Crippen molar-refractivity contribution >= 4 is 11.3 Å². The van der Waals surface area contributed by atoms with Crippen LogP contribution in [0.3, 0.4) is 0 Å². The quantitative estimate of drug-likeness (QED) is 0.803. The number of hydrogen-bond donors (Lipinski definition) is 1. The zero-order valence-electron chi connectivity index (χ0n) is 11.8. The second kappa shape index (κ2) is 7.12. The summed E-state index contributed by atoms with van der Waals surface area (Å²) in [5.41, 5.74) is 1.15. The maximum Gasteiger partial charge on any atom is 0.0943 e. The van der Waals surface area contributed by atoms with E-state index in [-0.39, 0.29) is 0 Å². The predicted octanol–water partition coefficient (Wildman–Crippen LogP) is 3.65. The summed E-state index contributed by atoms with van der Waals surface area (Å²) in [6.45, 7) is 12.3. The zero-order valence-corrected chi connectivity index (χ0v) is 12.6. The van der Waals surface area contributed by atoms with Crippen molar-refractivity contribution in [3.63, 3.8) is 0 Å². The molecule has 3 heteroatoms. The highest BCUT2D eigenvalue weighted by Gasteiger charge is 2.20. The Kier molecular flexibility index (Phi) is 6.14. The molecule has 0 fully saturated rings. The van der Waals surface area contributed by atoms with Gasteiger partial charge in [0.1, 0.15) is 0 Å². The molecule has 0 saturated heterocycles. The minimum Gasteiger partial charge on any atom is -0.313 e. The maximum absolute atomic E-state index is 4.58. The molecule has 2 nitrogen and oxygen atoms in total. The van der Waals surface area contributed by atoms with Gasteiger partial charge in [-0.3, -0.25) is 0 Å². The van der Waals surface area contributed by atoms with Crippen molar-refractivity contribution in [1.29, 1.82) is 0 Å². The molecular weight excluding hydrogens is 228 g/mol. The van der Waals surface area contributed by atoms with E-state index in [2.05, 4.69) is 50.3 Å². The van der Waals surface area contributed by atoms with Crippen molar-refractivity contribution in [3.8, 4) is 0 Å². The molecule has 0 aliphatic carbocycles. The first kappa shape index (κ1) is 14.7. The van der Waals surface area contributed by atoms with E-state index >= 15 is 0 Å². The van der Waals surface area contributed by atoms with Gasteiger partial charge in [0.05, 0.1) is 5.01 Å². The van der Waals surface area contributed by atoms with Crippen LogP contribution in [0.1, 0.15) is 44.8 Å². The molecule has 0 bridgehead atoms. The third kappa shape index (κ3) is 4.76. The Hall–Kier alpha value is -0.410. The van der Waals surface area contributed by atoms with E-state index < -0.39 is 0 Å². The van der Waals surface area contributed by atoms with Crippen LogP contribution in [0.4, 0.5) is 0 Å². The van der Waals surface area contributed by atoms with Gasteiger partial charge in [0.25, 0.3) is 0 Å². The van der Waals surface area contributed by atoms with Crippen molar-refractivity contribution in [1.82, 2.24) is 10.3 Å². The van der Waals surface area contributed by atoms with Crippen molar-refractivity contribution in [2.45, 2.75) is 53.5 Å². The highest BCUT2D eigenvalue weighted by atomic mass is 32.1. The van der Waals surface area contributed by atoms with Gasteiger partial charge in [0, 0.05) is 23.5 Å². The Morgan fingerprint density at radius 2 is 2.06 bits per heavy atom. The van der Waals surface area contributed by atoms with E-state index in [1.165, 1.54) is 11.4 Å². The minimum atomic E-state index is 0.556. The summed E-state index contributed by atoms with van der Waals surface area (Å²) >= 11 is 1.79. The normalized spacial score (nSPS) is 15.2. The second-order valence-corrected chi connectivity index (χ2v) is 6.19. The topological polar surface area (TPSA) is 24.9 Å². The second-order valence-electron chi connectivity index (χ2n) is 5.25. The first-order chi connectivity index (χ1) is 8.04. The molecule has 0 saturated carbocycles. The number of rotatable bonds is 7. The smallest absolute Gasteiger partial charge is 0.0943 e. The molecule has 1 heterocycles. The van der Waals surface area contributed by atoms with Gasteiger partial charge in [0.15, 0.2) is 0 Å². The molecule has 1 rings (SSSR count). The molecule has 1 aromatic heterocycles. The van der Waals surface area contributed by atoms with Gasteiger partial charge in [-0.25, -0.2) is 4.98 Å². The van der Waals surface area contributed by atoms with E-state index in [4.69, 9.17) is 0 Å². The van der Waals surface area contributed by atoms with Gasteiger partial charge in [-0.15, -0.1) is 11.3 Å². The standard InChI is InChI=1S/C14H26N2S/c1-6-7-15-13(12(5)10(2)3)8-14-16-11(4)9-17-14/h9-10,12-13,15H,6-8H2,1-5H3. The van der Waals surface area contributed by atoms with Gasteiger partial charge in [-0.2, -0.15) is 0 Å². The number of aryl methyl sites for hydroxylation is 1. The lowest BCUT2D eigenvalue weighted by atomic mass is 9.88. The Bertz CT molecular complexity index is 320. The average molecular weight is 254 g/mol. The molecule has 17 heavy (non-hydrogen) atoms. The molecule has 0 aromatic carbocycles. The molecule has 0 spiro atoms. The lowest BCUT2D eigenvalue weighted by Crippen LogP contribution is -2.39. The minimum absolute atomic E-state index is 0.556. The fourth-order valence-electron chi connectivity index (χ4n) is 1.92. The molecule has 98 valence electrons. The third-order valence-electron chi connectivity index (χ3n) is 3.40. The first-order valence-electron chi connectivity index (χ1n) is 6.69. The van der Waals surface area contributed by atoms with Crippen LogP contribution in [-0.2, 0) is 6.42 Å². The van der Waals surface area contributed by atoms with E-state index in [0.29, 0.717) is 17.9 Å². The molecule has 0 aliphatic heterocycles. The summed E-state index contributed by atoms with van der Waals surface area (Å²) in [6.07, 6.45) is 2.26. The fraction of sp³-hybridized carbons (Fsp3) is 0.786.